The first-order valence-electron chi connectivity index (χ1n) is 6.28. The molecule has 0 aromatic heterocycles. The smallest absolute Gasteiger partial charge is 0.319 e. The van der Waals surface area contributed by atoms with Crippen LogP contribution in [0.4, 0.5) is 10.5 Å². The monoisotopic (exact) mass is 265 g/mol. The molecule has 0 aliphatic heterocycles. The molecule has 100 valence electrons. The predicted molar refractivity (Wildman–Crippen MR) is 78.2 cm³/mol. The van der Waals surface area contributed by atoms with Crippen molar-refractivity contribution in [2.75, 3.05) is 5.32 Å². The standard InChI is InChI=1S/C16H15N3O/c1-12-3-2-4-14(9-12)11-18-16(20)19-15-7-5-13(10-17)6-8-15/h2-9H,11H2,1H3,(H2,18,19,20). The number of aryl methyl sites for hydroxylation is 1. The van der Waals surface area contributed by atoms with Gasteiger partial charge in [0.2, 0.25) is 0 Å². The van der Waals surface area contributed by atoms with Gasteiger partial charge in [0.15, 0.2) is 0 Å². The average Bonchev–Trinajstić information content (AvgIpc) is 2.46. The minimum atomic E-state index is -0.267. The summed E-state index contributed by atoms with van der Waals surface area (Å²) in [6.45, 7) is 2.49. The normalized spacial score (nSPS) is 9.60. The number of nitrogens with zero attached hydrogens (tertiary/aromatic N) is 1. The van der Waals surface area contributed by atoms with Gasteiger partial charge in [-0.25, -0.2) is 4.79 Å². The highest BCUT2D eigenvalue weighted by molar-refractivity contribution is 5.89. The number of benzene rings is 2. The molecule has 0 unspecified atom stereocenters. The van der Waals surface area contributed by atoms with Crippen LogP contribution in [-0.4, -0.2) is 6.03 Å². The topological polar surface area (TPSA) is 64.9 Å². The van der Waals surface area contributed by atoms with Crippen LogP contribution in [0.2, 0.25) is 0 Å². The molecule has 2 aromatic carbocycles. The second-order valence-electron chi connectivity index (χ2n) is 4.49. The molecule has 2 amide bonds. The summed E-state index contributed by atoms with van der Waals surface area (Å²) in [4.78, 5) is 11.7. The molecule has 0 heterocycles. The third-order valence-electron chi connectivity index (χ3n) is 2.81. The van der Waals surface area contributed by atoms with Gasteiger partial charge in [0.25, 0.3) is 0 Å². The van der Waals surface area contributed by atoms with Crippen LogP contribution in [-0.2, 0) is 6.54 Å². The summed E-state index contributed by atoms with van der Waals surface area (Å²) in [6, 6.07) is 16.5. The lowest BCUT2D eigenvalue weighted by Crippen LogP contribution is -2.28. The Bertz CT molecular complexity index is 642. The number of rotatable bonds is 3. The molecule has 0 bridgehead atoms. The fourth-order valence-electron chi connectivity index (χ4n) is 1.81. The van der Waals surface area contributed by atoms with E-state index < -0.39 is 0 Å². The summed E-state index contributed by atoms with van der Waals surface area (Å²) in [5.41, 5.74) is 3.44. The second kappa shape index (κ2) is 6.39. The number of carbonyl (C=O) groups excluding carboxylic acids is 1. The number of anilines is 1. The maximum atomic E-state index is 11.7. The van der Waals surface area contributed by atoms with E-state index in [0.29, 0.717) is 17.8 Å². The molecule has 2 N–H and O–H groups in total. The lowest BCUT2D eigenvalue weighted by atomic mass is 10.1. The Kier molecular flexibility index (Phi) is 4.35. The van der Waals surface area contributed by atoms with Crippen molar-refractivity contribution < 1.29 is 4.79 Å². The summed E-state index contributed by atoms with van der Waals surface area (Å²) in [6.07, 6.45) is 0. The zero-order valence-corrected chi connectivity index (χ0v) is 11.2. The molecule has 0 fully saturated rings. The highest BCUT2D eigenvalue weighted by atomic mass is 16.2. The summed E-state index contributed by atoms with van der Waals surface area (Å²) in [5, 5.41) is 14.2. The molecular weight excluding hydrogens is 250 g/mol. The van der Waals surface area contributed by atoms with Crippen molar-refractivity contribution in [1.29, 1.82) is 5.26 Å². The molecule has 0 atom stereocenters. The molecule has 0 aliphatic carbocycles. The molecule has 0 saturated carbocycles. The van der Waals surface area contributed by atoms with Crippen molar-refractivity contribution in [3.05, 3.63) is 65.2 Å². The van der Waals surface area contributed by atoms with Crippen LogP contribution >= 0.6 is 0 Å². The van der Waals surface area contributed by atoms with E-state index in [-0.39, 0.29) is 6.03 Å². The van der Waals surface area contributed by atoms with Gasteiger partial charge in [-0.15, -0.1) is 0 Å². The van der Waals surface area contributed by atoms with E-state index in [1.54, 1.807) is 24.3 Å². The number of carbonyl (C=O) groups is 1. The van der Waals surface area contributed by atoms with Crippen LogP contribution in [0.5, 0.6) is 0 Å². The van der Waals surface area contributed by atoms with Crippen LogP contribution in [0.15, 0.2) is 48.5 Å². The Labute approximate surface area is 118 Å². The molecule has 20 heavy (non-hydrogen) atoms. The van der Waals surface area contributed by atoms with Crippen LogP contribution in [0.1, 0.15) is 16.7 Å². The molecule has 0 spiro atoms. The molecular formula is C16H15N3O. The number of urea groups is 1. The van der Waals surface area contributed by atoms with E-state index in [1.165, 1.54) is 0 Å². The fourth-order valence-corrected chi connectivity index (χ4v) is 1.81. The Morgan fingerprint density at radius 3 is 2.60 bits per heavy atom. The van der Waals surface area contributed by atoms with Crippen molar-refractivity contribution in [1.82, 2.24) is 5.32 Å². The van der Waals surface area contributed by atoms with Gasteiger partial charge in [0.1, 0.15) is 0 Å². The lowest BCUT2D eigenvalue weighted by molar-refractivity contribution is 0.251. The van der Waals surface area contributed by atoms with Gasteiger partial charge in [0, 0.05) is 12.2 Å². The van der Waals surface area contributed by atoms with Crippen molar-refractivity contribution >= 4 is 11.7 Å². The van der Waals surface area contributed by atoms with Gasteiger partial charge in [-0.3, -0.25) is 0 Å². The molecule has 2 aromatic rings. The number of nitrogens with one attached hydrogen (secondary N) is 2. The molecule has 0 aliphatic rings. The number of hydrogen-bond donors (Lipinski definition) is 2. The van der Waals surface area contributed by atoms with E-state index in [1.807, 2.05) is 37.3 Å². The van der Waals surface area contributed by atoms with Gasteiger partial charge in [-0.2, -0.15) is 5.26 Å². The highest BCUT2D eigenvalue weighted by Gasteiger charge is 2.02. The van der Waals surface area contributed by atoms with E-state index >= 15 is 0 Å². The van der Waals surface area contributed by atoms with Gasteiger partial charge in [-0.05, 0) is 36.8 Å². The Morgan fingerprint density at radius 1 is 1.20 bits per heavy atom. The fraction of sp³-hybridized carbons (Fsp3) is 0.125. The number of nitriles is 1. The Hall–Kier alpha value is -2.80. The van der Waals surface area contributed by atoms with Gasteiger partial charge in [0.05, 0.1) is 11.6 Å². The lowest BCUT2D eigenvalue weighted by Gasteiger charge is -2.08. The number of hydrogen-bond acceptors (Lipinski definition) is 2. The molecule has 0 saturated heterocycles. The zero-order chi connectivity index (χ0) is 14.4. The van der Waals surface area contributed by atoms with Gasteiger partial charge >= 0.3 is 6.03 Å². The van der Waals surface area contributed by atoms with Gasteiger partial charge in [-0.1, -0.05) is 29.8 Å². The van der Waals surface area contributed by atoms with E-state index in [0.717, 1.165) is 11.1 Å². The Balaban J connectivity index is 1.87. The first-order chi connectivity index (χ1) is 9.67. The summed E-state index contributed by atoms with van der Waals surface area (Å²) < 4.78 is 0. The van der Waals surface area contributed by atoms with E-state index in [2.05, 4.69) is 10.6 Å². The summed E-state index contributed by atoms with van der Waals surface area (Å²) in [5.74, 6) is 0. The van der Waals surface area contributed by atoms with Crippen molar-refractivity contribution in [2.45, 2.75) is 13.5 Å². The SMILES string of the molecule is Cc1cccc(CNC(=O)Nc2ccc(C#N)cc2)c1. The first kappa shape index (κ1) is 13.6. The van der Waals surface area contributed by atoms with E-state index in [9.17, 15) is 4.79 Å². The highest BCUT2D eigenvalue weighted by Crippen LogP contribution is 2.08. The summed E-state index contributed by atoms with van der Waals surface area (Å²) in [7, 11) is 0. The van der Waals surface area contributed by atoms with Crippen LogP contribution in [0.3, 0.4) is 0 Å². The third-order valence-corrected chi connectivity index (χ3v) is 2.81. The molecule has 2 rings (SSSR count). The predicted octanol–water partition coefficient (Wildman–Crippen LogP) is 3.19. The van der Waals surface area contributed by atoms with Crippen molar-refractivity contribution in [2.24, 2.45) is 0 Å². The minimum absolute atomic E-state index is 0.267. The van der Waals surface area contributed by atoms with Crippen molar-refractivity contribution in [3.63, 3.8) is 0 Å². The first-order valence-corrected chi connectivity index (χ1v) is 6.28. The zero-order valence-electron chi connectivity index (χ0n) is 11.2. The third kappa shape index (κ3) is 3.85. The van der Waals surface area contributed by atoms with Gasteiger partial charge < -0.3 is 10.6 Å². The maximum Gasteiger partial charge on any atom is 0.319 e. The summed E-state index contributed by atoms with van der Waals surface area (Å²) >= 11 is 0. The van der Waals surface area contributed by atoms with Crippen LogP contribution in [0, 0.1) is 18.3 Å². The van der Waals surface area contributed by atoms with Crippen LogP contribution in [0.25, 0.3) is 0 Å². The minimum Gasteiger partial charge on any atom is -0.334 e. The largest absolute Gasteiger partial charge is 0.334 e. The second-order valence-corrected chi connectivity index (χ2v) is 4.49. The average molecular weight is 265 g/mol. The number of amides is 2. The Morgan fingerprint density at radius 2 is 1.95 bits per heavy atom. The maximum absolute atomic E-state index is 11.7. The quantitative estimate of drug-likeness (QED) is 0.895. The molecule has 4 heteroatoms. The van der Waals surface area contributed by atoms with E-state index in [4.69, 9.17) is 5.26 Å². The van der Waals surface area contributed by atoms with Crippen LogP contribution < -0.4 is 10.6 Å². The van der Waals surface area contributed by atoms with Crippen molar-refractivity contribution in [3.8, 4) is 6.07 Å². The molecule has 0 radical (unpaired) electrons. The molecule has 4 nitrogen and oxygen atoms in total.